The van der Waals surface area contributed by atoms with Crippen LogP contribution in [0.2, 0.25) is 0 Å². The number of halogens is 3. The van der Waals surface area contributed by atoms with Crippen LogP contribution < -0.4 is 0 Å². The highest BCUT2D eigenvalue weighted by Crippen LogP contribution is 2.31. The number of carbonyl (C=O) groups excluding carboxylic acids is 1. The van der Waals surface area contributed by atoms with Gasteiger partial charge in [0.05, 0.1) is 22.5 Å². The van der Waals surface area contributed by atoms with Crippen LogP contribution in [0.4, 0.5) is 13.2 Å². The maximum absolute atomic E-state index is 12.4. The Kier molecular flexibility index (Phi) is 4.23. The predicted molar refractivity (Wildman–Crippen MR) is 84.0 cm³/mol. The fraction of sp³-hybridized carbons (Fsp3) is 0.188. The third kappa shape index (κ3) is 3.53. The van der Waals surface area contributed by atoms with Gasteiger partial charge in [-0.25, -0.2) is 4.68 Å². The second-order valence-corrected chi connectivity index (χ2v) is 6.36. The lowest BCUT2D eigenvalue weighted by atomic mass is 10.1. The monoisotopic (exact) mass is 351 g/mol. The molecule has 0 saturated heterocycles. The van der Waals surface area contributed by atoms with Gasteiger partial charge >= 0.3 is 6.18 Å². The molecule has 2 aromatic heterocycles. The molecule has 2 heterocycles. The number of nitrogens with zero attached hydrogens (tertiary/aromatic N) is 3. The predicted octanol–water partition coefficient (Wildman–Crippen LogP) is 4.11. The molecule has 3 aromatic rings. The van der Waals surface area contributed by atoms with E-state index in [1.54, 1.807) is 10.9 Å². The minimum absolute atomic E-state index is 0.356. The number of benzene rings is 1. The van der Waals surface area contributed by atoms with E-state index >= 15 is 0 Å². The van der Waals surface area contributed by atoms with Gasteiger partial charge in [0.25, 0.3) is 5.78 Å². The van der Waals surface area contributed by atoms with Crippen molar-refractivity contribution in [3.05, 3.63) is 58.6 Å². The molecule has 24 heavy (non-hydrogen) atoms. The van der Waals surface area contributed by atoms with Gasteiger partial charge in [0.2, 0.25) is 0 Å². The summed E-state index contributed by atoms with van der Waals surface area (Å²) in [6.07, 6.45) is -3.22. The SMILES string of the molecule is Cc1ccc(Cn2cc(-c3ccc(C(=O)C(F)(F)F)s3)nn2)cc1. The topological polar surface area (TPSA) is 47.8 Å². The highest BCUT2D eigenvalue weighted by Gasteiger charge is 2.40. The molecule has 0 aliphatic rings. The molecule has 1 aromatic carbocycles. The van der Waals surface area contributed by atoms with Gasteiger partial charge in [-0.1, -0.05) is 35.0 Å². The summed E-state index contributed by atoms with van der Waals surface area (Å²) < 4.78 is 38.9. The Hall–Kier alpha value is -2.48. The molecule has 0 N–H and O–H groups in total. The first-order valence-corrected chi connectivity index (χ1v) is 7.82. The van der Waals surface area contributed by atoms with Crippen LogP contribution in [0.15, 0.2) is 42.6 Å². The third-order valence-electron chi connectivity index (χ3n) is 3.34. The summed E-state index contributed by atoms with van der Waals surface area (Å²) in [5.41, 5.74) is 2.63. The average molecular weight is 351 g/mol. The molecule has 3 rings (SSSR count). The highest BCUT2D eigenvalue weighted by atomic mass is 32.1. The molecule has 0 aliphatic heterocycles. The van der Waals surface area contributed by atoms with Crippen molar-refractivity contribution in [1.82, 2.24) is 15.0 Å². The first-order chi connectivity index (χ1) is 11.3. The molecule has 0 spiro atoms. The van der Waals surface area contributed by atoms with Crippen LogP contribution >= 0.6 is 11.3 Å². The first-order valence-electron chi connectivity index (χ1n) is 7.00. The van der Waals surface area contributed by atoms with E-state index in [2.05, 4.69) is 10.3 Å². The van der Waals surface area contributed by atoms with Gasteiger partial charge in [0, 0.05) is 0 Å². The summed E-state index contributed by atoms with van der Waals surface area (Å²) in [6, 6.07) is 10.5. The van der Waals surface area contributed by atoms with Crippen molar-refractivity contribution in [2.75, 3.05) is 0 Å². The molecular formula is C16H12F3N3OS. The molecule has 4 nitrogen and oxygen atoms in total. The molecule has 0 saturated carbocycles. The van der Waals surface area contributed by atoms with E-state index < -0.39 is 12.0 Å². The van der Waals surface area contributed by atoms with E-state index in [9.17, 15) is 18.0 Å². The van der Waals surface area contributed by atoms with Crippen LogP contribution in [-0.2, 0) is 6.54 Å². The molecular weight excluding hydrogens is 339 g/mol. The van der Waals surface area contributed by atoms with Gasteiger partial charge < -0.3 is 0 Å². The van der Waals surface area contributed by atoms with Gasteiger partial charge in [0.1, 0.15) is 5.69 Å². The second-order valence-electron chi connectivity index (χ2n) is 5.28. The Bertz CT molecular complexity index is 865. The van der Waals surface area contributed by atoms with Crippen molar-refractivity contribution in [2.24, 2.45) is 0 Å². The van der Waals surface area contributed by atoms with Crippen LogP contribution in [0.25, 0.3) is 10.6 Å². The fourth-order valence-electron chi connectivity index (χ4n) is 2.11. The molecule has 0 bridgehead atoms. The van der Waals surface area contributed by atoms with Gasteiger partial charge in [-0.2, -0.15) is 13.2 Å². The van der Waals surface area contributed by atoms with Crippen LogP contribution in [0.5, 0.6) is 0 Å². The van der Waals surface area contributed by atoms with Crippen molar-refractivity contribution in [3.63, 3.8) is 0 Å². The number of hydrogen-bond donors (Lipinski definition) is 0. The fourth-order valence-corrected chi connectivity index (χ4v) is 3.02. The van der Waals surface area contributed by atoms with Crippen LogP contribution in [0.3, 0.4) is 0 Å². The summed E-state index contributed by atoms with van der Waals surface area (Å²) in [4.78, 5) is 11.3. The molecule has 124 valence electrons. The second kappa shape index (κ2) is 6.20. The quantitative estimate of drug-likeness (QED) is 0.665. The van der Waals surface area contributed by atoms with E-state index in [1.165, 1.54) is 6.07 Å². The van der Waals surface area contributed by atoms with Crippen LogP contribution in [-0.4, -0.2) is 27.0 Å². The number of aryl methyl sites for hydroxylation is 1. The summed E-state index contributed by atoms with van der Waals surface area (Å²) >= 11 is 0.757. The summed E-state index contributed by atoms with van der Waals surface area (Å²) in [5, 5.41) is 7.95. The van der Waals surface area contributed by atoms with Crippen molar-refractivity contribution in [1.29, 1.82) is 0 Å². The van der Waals surface area contributed by atoms with Crippen molar-refractivity contribution in [3.8, 4) is 10.6 Å². The Labute approximate surface area is 139 Å². The minimum Gasteiger partial charge on any atom is -0.283 e. The number of hydrogen-bond acceptors (Lipinski definition) is 4. The minimum atomic E-state index is -4.87. The van der Waals surface area contributed by atoms with Crippen LogP contribution in [0.1, 0.15) is 20.8 Å². The smallest absolute Gasteiger partial charge is 0.283 e. The van der Waals surface area contributed by atoms with Crippen molar-refractivity contribution in [2.45, 2.75) is 19.6 Å². The zero-order chi connectivity index (χ0) is 17.3. The van der Waals surface area contributed by atoms with E-state index in [0.29, 0.717) is 17.1 Å². The largest absolute Gasteiger partial charge is 0.455 e. The molecule has 0 radical (unpaired) electrons. The van der Waals surface area contributed by atoms with E-state index in [1.807, 2.05) is 31.2 Å². The highest BCUT2D eigenvalue weighted by molar-refractivity contribution is 7.17. The Morgan fingerprint density at radius 2 is 1.88 bits per heavy atom. The first kappa shape index (κ1) is 16.4. The molecule has 0 fully saturated rings. The van der Waals surface area contributed by atoms with Gasteiger partial charge in [-0.3, -0.25) is 4.79 Å². The lowest BCUT2D eigenvalue weighted by molar-refractivity contribution is -0.0882. The number of carbonyl (C=O) groups is 1. The molecule has 0 atom stereocenters. The number of thiophene rings is 1. The summed E-state index contributed by atoms with van der Waals surface area (Å²) in [7, 11) is 0. The normalized spacial score (nSPS) is 11.7. The Morgan fingerprint density at radius 3 is 2.54 bits per heavy atom. The van der Waals surface area contributed by atoms with E-state index in [0.717, 1.165) is 28.5 Å². The zero-order valence-corrected chi connectivity index (χ0v) is 13.4. The lowest BCUT2D eigenvalue weighted by Crippen LogP contribution is -2.21. The zero-order valence-electron chi connectivity index (χ0n) is 12.5. The Morgan fingerprint density at radius 1 is 1.17 bits per heavy atom. The molecule has 0 aliphatic carbocycles. The third-order valence-corrected chi connectivity index (χ3v) is 4.45. The average Bonchev–Trinajstić information content (AvgIpc) is 3.17. The van der Waals surface area contributed by atoms with E-state index in [-0.39, 0.29) is 4.88 Å². The maximum Gasteiger partial charge on any atom is 0.455 e. The van der Waals surface area contributed by atoms with E-state index in [4.69, 9.17) is 0 Å². The van der Waals surface area contributed by atoms with Gasteiger partial charge in [-0.05, 0) is 24.6 Å². The Balaban J connectivity index is 1.77. The standard InChI is InChI=1S/C16H12F3N3OS/c1-10-2-4-11(5-3-10)8-22-9-12(20-21-22)13-6-7-14(24-13)15(23)16(17,18)19/h2-7,9H,8H2,1H3. The maximum atomic E-state index is 12.4. The molecule has 0 unspecified atom stereocenters. The summed E-state index contributed by atoms with van der Waals surface area (Å²) in [5.74, 6) is -1.84. The summed E-state index contributed by atoms with van der Waals surface area (Å²) in [6.45, 7) is 2.50. The molecule has 8 heteroatoms. The number of rotatable bonds is 4. The van der Waals surface area contributed by atoms with Crippen LogP contribution in [0, 0.1) is 6.92 Å². The van der Waals surface area contributed by atoms with Crippen molar-refractivity contribution >= 4 is 17.1 Å². The number of ketones is 1. The van der Waals surface area contributed by atoms with Crippen molar-refractivity contribution < 1.29 is 18.0 Å². The number of Topliss-reactive ketones (excluding diaryl/α,β-unsaturated/α-hetero) is 1. The number of aromatic nitrogens is 3. The van der Waals surface area contributed by atoms with Gasteiger partial charge in [-0.15, -0.1) is 16.4 Å². The molecule has 0 amide bonds. The number of alkyl halides is 3. The van der Waals surface area contributed by atoms with Gasteiger partial charge in [0.15, 0.2) is 0 Å². The lowest BCUT2D eigenvalue weighted by Gasteiger charge is -2.01.